The van der Waals surface area contributed by atoms with Crippen LogP contribution in [0.5, 0.6) is 0 Å². The Morgan fingerprint density at radius 1 is 0.667 bits per heavy atom. The number of para-hydroxylation sites is 1. The molecule has 0 unspecified atom stereocenters. The molecule has 136 valence electrons. The Kier molecular flexibility index (Phi) is 5.20. The quantitative estimate of drug-likeness (QED) is 0.620. The highest BCUT2D eigenvalue weighted by Crippen LogP contribution is 2.20. The molecule has 0 radical (unpaired) electrons. The van der Waals surface area contributed by atoms with Crippen LogP contribution in [0.25, 0.3) is 11.1 Å². The Morgan fingerprint density at radius 2 is 1.22 bits per heavy atom. The zero-order valence-electron chi connectivity index (χ0n) is 15.8. The third kappa shape index (κ3) is 4.20. The molecule has 0 aliphatic carbocycles. The van der Waals surface area contributed by atoms with E-state index < -0.39 is 0 Å². The summed E-state index contributed by atoms with van der Waals surface area (Å²) in [6, 6.07) is 29.8. The first-order chi connectivity index (χ1) is 13.3. The molecule has 3 aromatic carbocycles. The van der Waals surface area contributed by atoms with Gasteiger partial charge in [-0.3, -0.25) is 5.01 Å². The van der Waals surface area contributed by atoms with Gasteiger partial charge in [0.1, 0.15) is 0 Å². The van der Waals surface area contributed by atoms with Crippen molar-refractivity contribution in [1.82, 2.24) is 5.01 Å². The van der Waals surface area contributed by atoms with Gasteiger partial charge in [-0.25, -0.2) is 0 Å². The Labute approximate surface area is 161 Å². The molecule has 1 saturated heterocycles. The predicted molar refractivity (Wildman–Crippen MR) is 114 cm³/mol. The monoisotopic (exact) mass is 355 g/mol. The normalized spacial score (nSPS) is 15.1. The van der Waals surface area contributed by atoms with Gasteiger partial charge < -0.3 is 4.90 Å². The molecule has 0 atom stereocenters. The van der Waals surface area contributed by atoms with Gasteiger partial charge in [-0.15, -0.1) is 0 Å². The van der Waals surface area contributed by atoms with Crippen LogP contribution in [0.1, 0.15) is 12.5 Å². The van der Waals surface area contributed by atoms with Gasteiger partial charge >= 0.3 is 0 Å². The van der Waals surface area contributed by atoms with Crippen molar-refractivity contribution in [2.75, 3.05) is 31.1 Å². The van der Waals surface area contributed by atoms with Crippen molar-refractivity contribution in [3.05, 3.63) is 90.5 Å². The van der Waals surface area contributed by atoms with Gasteiger partial charge in [-0.05, 0) is 35.7 Å². The van der Waals surface area contributed by atoms with E-state index in [-0.39, 0.29) is 0 Å². The molecular formula is C24H25N3. The van der Waals surface area contributed by atoms with E-state index in [1.54, 1.807) is 0 Å². The van der Waals surface area contributed by atoms with Crippen LogP contribution >= 0.6 is 0 Å². The van der Waals surface area contributed by atoms with E-state index in [4.69, 9.17) is 5.10 Å². The van der Waals surface area contributed by atoms with Crippen molar-refractivity contribution in [3.8, 4) is 11.1 Å². The lowest BCUT2D eigenvalue weighted by Crippen LogP contribution is -2.44. The fraction of sp³-hybridized carbons (Fsp3) is 0.208. The van der Waals surface area contributed by atoms with Gasteiger partial charge in [0.15, 0.2) is 0 Å². The van der Waals surface area contributed by atoms with Crippen molar-refractivity contribution in [1.29, 1.82) is 0 Å². The van der Waals surface area contributed by atoms with Gasteiger partial charge in [0, 0.05) is 18.8 Å². The molecule has 4 rings (SSSR count). The zero-order valence-corrected chi connectivity index (χ0v) is 15.8. The first-order valence-electron chi connectivity index (χ1n) is 9.55. The molecule has 1 aliphatic heterocycles. The molecular weight excluding hydrogens is 330 g/mol. The summed E-state index contributed by atoms with van der Waals surface area (Å²) < 4.78 is 0. The van der Waals surface area contributed by atoms with Crippen LogP contribution in [0.15, 0.2) is 90.0 Å². The smallest absolute Gasteiger partial charge is 0.0646 e. The fourth-order valence-corrected chi connectivity index (χ4v) is 3.50. The van der Waals surface area contributed by atoms with E-state index in [0.29, 0.717) is 0 Å². The van der Waals surface area contributed by atoms with E-state index in [0.717, 1.165) is 31.9 Å². The summed E-state index contributed by atoms with van der Waals surface area (Å²) in [7, 11) is 0. The van der Waals surface area contributed by atoms with Crippen molar-refractivity contribution >= 4 is 11.4 Å². The highest BCUT2D eigenvalue weighted by atomic mass is 15.5. The largest absolute Gasteiger partial charge is 0.368 e. The lowest BCUT2D eigenvalue weighted by molar-refractivity contribution is 0.270. The third-order valence-corrected chi connectivity index (χ3v) is 5.08. The van der Waals surface area contributed by atoms with Gasteiger partial charge in [0.2, 0.25) is 0 Å². The average Bonchev–Trinajstić information content (AvgIpc) is 2.76. The van der Waals surface area contributed by atoms with E-state index in [1.807, 2.05) is 6.07 Å². The second-order valence-corrected chi connectivity index (χ2v) is 6.91. The SMILES string of the molecule is CC(=NN1CCN(c2ccccc2)CC1)c1ccc(-c2ccccc2)cc1. The maximum absolute atomic E-state index is 4.86. The lowest BCUT2D eigenvalue weighted by atomic mass is 10.0. The minimum absolute atomic E-state index is 0.953. The van der Waals surface area contributed by atoms with Crippen LogP contribution in [-0.4, -0.2) is 36.9 Å². The summed E-state index contributed by atoms with van der Waals surface area (Å²) in [4.78, 5) is 2.43. The van der Waals surface area contributed by atoms with Crippen molar-refractivity contribution < 1.29 is 0 Å². The summed E-state index contributed by atoms with van der Waals surface area (Å²) in [6.07, 6.45) is 0. The molecule has 0 bridgehead atoms. The summed E-state index contributed by atoms with van der Waals surface area (Å²) in [5, 5.41) is 7.05. The van der Waals surface area contributed by atoms with Crippen molar-refractivity contribution in [2.24, 2.45) is 5.10 Å². The van der Waals surface area contributed by atoms with Gasteiger partial charge in [0.25, 0.3) is 0 Å². The van der Waals surface area contributed by atoms with Crippen LogP contribution < -0.4 is 4.90 Å². The Hall–Kier alpha value is -3.07. The van der Waals surface area contributed by atoms with Crippen LogP contribution in [0.4, 0.5) is 5.69 Å². The zero-order chi connectivity index (χ0) is 18.5. The van der Waals surface area contributed by atoms with Crippen LogP contribution in [-0.2, 0) is 0 Å². The maximum Gasteiger partial charge on any atom is 0.0646 e. The Bertz CT molecular complexity index is 878. The molecule has 3 nitrogen and oxygen atoms in total. The highest BCUT2D eigenvalue weighted by Gasteiger charge is 2.16. The van der Waals surface area contributed by atoms with Crippen LogP contribution in [0.3, 0.4) is 0 Å². The van der Waals surface area contributed by atoms with E-state index in [2.05, 4.69) is 95.7 Å². The number of nitrogens with zero attached hydrogens (tertiary/aromatic N) is 3. The summed E-state index contributed by atoms with van der Waals surface area (Å²) in [5.74, 6) is 0. The Balaban J connectivity index is 1.40. The van der Waals surface area contributed by atoms with Crippen molar-refractivity contribution in [3.63, 3.8) is 0 Å². The Morgan fingerprint density at radius 3 is 1.85 bits per heavy atom. The lowest BCUT2D eigenvalue weighted by Gasteiger charge is -2.34. The minimum atomic E-state index is 0.953. The van der Waals surface area contributed by atoms with E-state index >= 15 is 0 Å². The number of hydrogen-bond acceptors (Lipinski definition) is 3. The number of rotatable bonds is 4. The number of hydrogen-bond donors (Lipinski definition) is 0. The molecule has 1 heterocycles. The summed E-state index contributed by atoms with van der Waals surface area (Å²) in [6.45, 7) is 6.02. The molecule has 0 spiro atoms. The maximum atomic E-state index is 4.86. The first kappa shape index (κ1) is 17.3. The number of hydrazone groups is 1. The minimum Gasteiger partial charge on any atom is -0.368 e. The van der Waals surface area contributed by atoms with Gasteiger partial charge in [-0.1, -0.05) is 72.8 Å². The topological polar surface area (TPSA) is 18.8 Å². The second-order valence-electron chi connectivity index (χ2n) is 6.91. The van der Waals surface area contributed by atoms with Gasteiger partial charge in [-0.2, -0.15) is 5.10 Å². The molecule has 0 saturated carbocycles. The first-order valence-corrected chi connectivity index (χ1v) is 9.55. The molecule has 1 fully saturated rings. The molecule has 3 aromatic rings. The summed E-state index contributed by atoms with van der Waals surface area (Å²) in [5.41, 5.74) is 6.04. The molecule has 1 aliphatic rings. The molecule has 0 aromatic heterocycles. The second kappa shape index (κ2) is 8.09. The standard InChI is InChI=1S/C24H25N3/c1-20(21-12-14-23(15-13-21)22-8-4-2-5-9-22)25-27-18-16-26(17-19-27)24-10-6-3-7-11-24/h2-15H,16-19H2,1H3. The van der Waals surface area contributed by atoms with Crippen LogP contribution in [0.2, 0.25) is 0 Å². The van der Waals surface area contributed by atoms with Crippen molar-refractivity contribution in [2.45, 2.75) is 6.92 Å². The van der Waals surface area contributed by atoms with Crippen LogP contribution in [0, 0.1) is 0 Å². The molecule has 0 N–H and O–H groups in total. The van der Waals surface area contributed by atoms with Gasteiger partial charge in [0.05, 0.1) is 18.8 Å². The van der Waals surface area contributed by atoms with E-state index in [9.17, 15) is 0 Å². The predicted octanol–water partition coefficient (Wildman–Crippen LogP) is 4.90. The molecule has 27 heavy (non-hydrogen) atoms. The molecule has 0 amide bonds. The number of piperazine rings is 1. The van der Waals surface area contributed by atoms with E-state index in [1.165, 1.54) is 22.4 Å². The third-order valence-electron chi connectivity index (χ3n) is 5.08. The molecule has 3 heteroatoms. The number of benzene rings is 3. The fourth-order valence-electron chi connectivity index (χ4n) is 3.50. The number of anilines is 1. The average molecular weight is 355 g/mol. The summed E-state index contributed by atoms with van der Waals surface area (Å²) >= 11 is 0. The highest BCUT2D eigenvalue weighted by molar-refractivity contribution is 5.98.